The quantitative estimate of drug-likeness (QED) is 0.272. The highest BCUT2D eigenvalue weighted by atomic mass is 35.5. The third-order valence-corrected chi connectivity index (χ3v) is 8.15. The average molecular weight is 582 g/mol. The standard InChI is InChI=1S/C33H38Cl2N2O3/c1-33(2,3)24-16-18-26(19-17-24)40-22-31(38)37(21-27-28(34)14-9-15-29(27)35)30(20-23-10-5-4-6-11-23)32(39)36-25-12-7-8-13-25/h4-6,9-11,14-19,25,30H,7-8,12-13,20-22H2,1-3H3,(H,36,39). The minimum atomic E-state index is -0.769. The first-order chi connectivity index (χ1) is 19.1. The summed E-state index contributed by atoms with van der Waals surface area (Å²) in [5, 5.41) is 4.09. The highest BCUT2D eigenvalue weighted by Gasteiger charge is 2.33. The van der Waals surface area contributed by atoms with Gasteiger partial charge in [-0.2, -0.15) is 0 Å². The Morgan fingerprint density at radius 2 is 1.55 bits per heavy atom. The lowest BCUT2D eigenvalue weighted by atomic mass is 9.87. The molecule has 212 valence electrons. The summed E-state index contributed by atoms with van der Waals surface area (Å²) < 4.78 is 5.94. The number of benzene rings is 3. The van der Waals surface area contributed by atoms with Crippen LogP contribution in [0.3, 0.4) is 0 Å². The molecule has 7 heteroatoms. The highest BCUT2D eigenvalue weighted by molar-refractivity contribution is 6.36. The van der Waals surface area contributed by atoms with E-state index in [1.165, 1.54) is 5.56 Å². The van der Waals surface area contributed by atoms with Gasteiger partial charge in [-0.15, -0.1) is 0 Å². The molecule has 0 heterocycles. The zero-order chi connectivity index (χ0) is 28.7. The number of hydrogen-bond donors (Lipinski definition) is 1. The van der Waals surface area contributed by atoms with E-state index in [0.717, 1.165) is 31.2 Å². The number of carbonyl (C=O) groups excluding carboxylic acids is 2. The normalized spacial score (nSPS) is 14.5. The van der Waals surface area contributed by atoms with Crippen molar-refractivity contribution in [1.29, 1.82) is 0 Å². The van der Waals surface area contributed by atoms with Crippen LogP contribution in [0.15, 0.2) is 72.8 Å². The summed E-state index contributed by atoms with van der Waals surface area (Å²) in [5.41, 5.74) is 2.74. The second kappa shape index (κ2) is 13.6. The molecule has 1 unspecified atom stereocenters. The van der Waals surface area contributed by atoms with Gasteiger partial charge in [-0.05, 0) is 53.6 Å². The van der Waals surface area contributed by atoms with E-state index in [4.69, 9.17) is 27.9 Å². The number of amides is 2. The Labute approximate surface area is 247 Å². The van der Waals surface area contributed by atoms with Gasteiger partial charge in [0.1, 0.15) is 11.8 Å². The number of rotatable bonds is 10. The first kappa shape index (κ1) is 30.0. The zero-order valence-electron chi connectivity index (χ0n) is 23.5. The van der Waals surface area contributed by atoms with E-state index in [0.29, 0.717) is 27.8 Å². The van der Waals surface area contributed by atoms with Crippen molar-refractivity contribution in [2.75, 3.05) is 6.61 Å². The number of hydrogen-bond acceptors (Lipinski definition) is 3. The molecule has 0 aromatic heterocycles. The van der Waals surface area contributed by atoms with Crippen LogP contribution < -0.4 is 10.1 Å². The average Bonchev–Trinajstić information content (AvgIpc) is 3.44. The molecule has 1 atom stereocenters. The fourth-order valence-electron chi connectivity index (χ4n) is 5.05. The molecule has 0 radical (unpaired) electrons. The third kappa shape index (κ3) is 8.02. The number of halogens is 2. The van der Waals surface area contributed by atoms with Gasteiger partial charge in [-0.1, -0.05) is 105 Å². The monoisotopic (exact) mass is 580 g/mol. The number of nitrogens with one attached hydrogen (secondary N) is 1. The second-order valence-electron chi connectivity index (χ2n) is 11.5. The largest absolute Gasteiger partial charge is 0.484 e. The van der Waals surface area contributed by atoms with Crippen LogP contribution in [0.25, 0.3) is 0 Å². The predicted octanol–water partition coefficient (Wildman–Crippen LogP) is 7.37. The maximum Gasteiger partial charge on any atom is 0.261 e. The summed E-state index contributed by atoms with van der Waals surface area (Å²) in [4.78, 5) is 29.2. The fourth-order valence-corrected chi connectivity index (χ4v) is 5.57. The Morgan fingerprint density at radius 1 is 0.925 bits per heavy atom. The molecule has 1 aliphatic rings. The van der Waals surface area contributed by atoms with E-state index in [1.54, 1.807) is 23.1 Å². The van der Waals surface area contributed by atoms with E-state index < -0.39 is 6.04 Å². The van der Waals surface area contributed by atoms with E-state index in [2.05, 4.69) is 26.1 Å². The van der Waals surface area contributed by atoms with Crippen molar-refractivity contribution in [3.8, 4) is 5.75 Å². The summed E-state index contributed by atoms with van der Waals surface area (Å²) in [6.07, 6.45) is 4.43. The molecule has 1 aliphatic carbocycles. The minimum Gasteiger partial charge on any atom is -0.484 e. The predicted molar refractivity (Wildman–Crippen MR) is 162 cm³/mol. The first-order valence-corrected chi connectivity index (χ1v) is 14.7. The second-order valence-corrected chi connectivity index (χ2v) is 12.3. The number of ether oxygens (including phenoxy) is 1. The Bertz CT molecular complexity index is 1260. The fraction of sp³-hybridized carbons (Fsp3) is 0.394. The molecule has 40 heavy (non-hydrogen) atoms. The number of carbonyl (C=O) groups is 2. The molecule has 3 aromatic carbocycles. The SMILES string of the molecule is CC(C)(C)c1ccc(OCC(=O)N(Cc2c(Cl)cccc2Cl)C(Cc2ccccc2)C(=O)NC2CCCC2)cc1. The van der Waals surface area contributed by atoms with Gasteiger partial charge in [0.25, 0.3) is 5.91 Å². The lowest BCUT2D eigenvalue weighted by Gasteiger charge is -2.32. The van der Waals surface area contributed by atoms with E-state index in [9.17, 15) is 9.59 Å². The Kier molecular flexibility index (Phi) is 10.2. The van der Waals surface area contributed by atoms with Crippen LogP contribution in [0.4, 0.5) is 0 Å². The van der Waals surface area contributed by atoms with Crippen LogP contribution in [0.2, 0.25) is 10.0 Å². The van der Waals surface area contributed by atoms with Gasteiger partial charge in [0.2, 0.25) is 5.91 Å². The molecular weight excluding hydrogens is 543 g/mol. The molecule has 1 saturated carbocycles. The van der Waals surface area contributed by atoms with Crippen LogP contribution in [0, 0.1) is 0 Å². The van der Waals surface area contributed by atoms with Gasteiger partial charge in [-0.3, -0.25) is 9.59 Å². The van der Waals surface area contributed by atoms with Gasteiger partial charge >= 0.3 is 0 Å². The number of nitrogens with zero attached hydrogens (tertiary/aromatic N) is 1. The van der Waals surface area contributed by atoms with Crippen molar-refractivity contribution in [2.45, 2.75) is 76.9 Å². The van der Waals surface area contributed by atoms with Crippen LogP contribution in [0.5, 0.6) is 5.75 Å². The summed E-state index contributed by atoms with van der Waals surface area (Å²) in [6, 6.07) is 22.1. The summed E-state index contributed by atoms with van der Waals surface area (Å²) >= 11 is 13.1. The molecule has 1 N–H and O–H groups in total. The minimum absolute atomic E-state index is 0.0106. The van der Waals surface area contributed by atoms with Gasteiger partial charge in [-0.25, -0.2) is 0 Å². The Hall–Kier alpha value is -3.02. The maximum atomic E-state index is 13.9. The van der Waals surface area contributed by atoms with Crippen molar-refractivity contribution < 1.29 is 14.3 Å². The van der Waals surface area contributed by atoms with Crippen molar-refractivity contribution in [1.82, 2.24) is 10.2 Å². The molecule has 4 rings (SSSR count). The molecule has 0 aliphatic heterocycles. The summed E-state index contributed by atoms with van der Waals surface area (Å²) in [7, 11) is 0. The van der Waals surface area contributed by atoms with Gasteiger partial charge in [0.05, 0.1) is 0 Å². The Balaban J connectivity index is 1.62. The van der Waals surface area contributed by atoms with Crippen molar-refractivity contribution >= 4 is 35.0 Å². The van der Waals surface area contributed by atoms with E-state index in [-0.39, 0.29) is 36.4 Å². The maximum absolute atomic E-state index is 13.9. The zero-order valence-corrected chi connectivity index (χ0v) is 25.0. The Morgan fingerprint density at radius 3 is 2.15 bits per heavy atom. The van der Waals surface area contributed by atoms with Crippen molar-refractivity contribution in [3.63, 3.8) is 0 Å². The summed E-state index contributed by atoms with van der Waals surface area (Å²) in [5.74, 6) is 0.0901. The molecule has 0 bridgehead atoms. The molecule has 1 fully saturated rings. The van der Waals surface area contributed by atoms with Gasteiger partial charge in [0, 0.05) is 34.6 Å². The lowest BCUT2D eigenvalue weighted by Crippen LogP contribution is -2.53. The molecule has 0 saturated heterocycles. The van der Waals surface area contributed by atoms with Gasteiger partial charge in [0.15, 0.2) is 6.61 Å². The molecule has 3 aromatic rings. The van der Waals surface area contributed by atoms with E-state index >= 15 is 0 Å². The smallest absolute Gasteiger partial charge is 0.261 e. The van der Waals surface area contributed by atoms with Crippen LogP contribution in [-0.2, 0) is 28.0 Å². The summed E-state index contributed by atoms with van der Waals surface area (Å²) in [6.45, 7) is 6.30. The molecule has 0 spiro atoms. The third-order valence-electron chi connectivity index (χ3n) is 7.45. The van der Waals surface area contributed by atoms with Crippen molar-refractivity contribution in [3.05, 3.63) is 99.5 Å². The van der Waals surface area contributed by atoms with Crippen LogP contribution in [0.1, 0.15) is 63.1 Å². The molecule has 2 amide bonds. The van der Waals surface area contributed by atoms with E-state index in [1.807, 2.05) is 54.6 Å². The van der Waals surface area contributed by atoms with Crippen LogP contribution in [-0.4, -0.2) is 35.4 Å². The molecular formula is C33H38Cl2N2O3. The first-order valence-electron chi connectivity index (χ1n) is 13.9. The van der Waals surface area contributed by atoms with Gasteiger partial charge < -0.3 is 15.0 Å². The molecule has 5 nitrogen and oxygen atoms in total. The van der Waals surface area contributed by atoms with Crippen LogP contribution >= 0.6 is 23.2 Å². The lowest BCUT2D eigenvalue weighted by molar-refractivity contribution is -0.143. The van der Waals surface area contributed by atoms with Crippen molar-refractivity contribution in [2.24, 2.45) is 0 Å². The topological polar surface area (TPSA) is 58.6 Å². The highest BCUT2D eigenvalue weighted by Crippen LogP contribution is 2.28.